The van der Waals surface area contributed by atoms with Crippen molar-refractivity contribution in [3.8, 4) is 0 Å². The zero-order valence-electron chi connectivity index (χ0n) is 9.87. The van der Waals surface area contributed by atoms with E-state index in [0.29, 0.717) is 19.3 Å². The van der Waals surface area contributed by atoms with Gasteiger partial charge >= 0.3 is 11.9 Å². The molecule has 0 aromatic heterocycles. The maximum absolute atomic E-state index is 10.6. The number of carbonyl (C=O) groups is 2. The maximum Gasteiger partial charge on any atom is 0.322 e. The summed E-state index contributed by atoms with van der Waals surface area (Å²) >= 11 is 3.87. The Morgan fingerprint density at radius 2 is 1.72 bits per heavy atom. The molecule has 8 N–H and O–H groups in total. The molecule has 0 spiro atoms. The number of aliphatic carboxylic acids is 2. The van der Waals surface area contributed by atoms with E-state index in [2.05, 4.69) is 23.5 Å². The zero-order chi connectivity index (χ0) is 14.1. The second-order valence-corrected chi connectivity index (χ2v) is 4.21. The Kier molecular flexibility index (Phi) is 8.67. The number of nitrogens with one attached hydrogen (secondary N) is 2. The van der Waals surface area contributed by atoms with Gasteiger partial charge in [-0.15, -0.1) is 0 Å². The highest BCUT2D eigenvalue weighted by atomic mass is 32.1. The molecule has 0 heterocycles. The first-order valence-corrected chi connectivity index (χ1v) is 6.10. The van der Waals surface area contributed by atoms with E-state index in [4.69, 9.17) is 21.7 Å². The number of carboxylic acid groups (broad SMARTS) is 2. The summed E-state index contributed by atoms with van der Waals surface area (Å²) in [6, 6.07) is -1.73. The Labute approximate surface area is 110 Å². The molecular formula is C9H20N4O4S. The van der Waals surface area contributed by atoms with E-state index in [9.17, 15) is 9.59 Å². The zero-order valence-corrected chi connectivity index (χ0v) is 10.8. The van der Waals surface area contributed by atoms with Gasteiger partial charge in [0.05, 0.1) is 6.17 Å². The van der Waals surface area contributed by atoms with Crippen molar-refractivity contribution >= 4 is 24.6 Å². The van der Waals surface area contributed by atoms with Gasteiger partial charge in [0.1, 0.15) is 12.1 Å². The molecule has 0 bridgehead atoms. The van der Waals surface area contributed by atoms with Crippen LogP contribution >= 0.6 is 12.6 Å². The van der Waals surface area contributed by atoms with Gasteiger partial charge in [-0.3, -0.25) is 9.59 Å². The molecule has 8 nitrogen and oxygen atoms in total. The first kappa shape index (κ1) is 17.1. The van der Waals surface area contributed by atoms with E-state index in [1.54, 1.807) is 0 Å². The number of carboxylic acids is 2. The minimum absolute atomic E-state index is 0.124. The predicted octanol–water partition coefficient (Wildman–Crippen LogP) is -1.67. The quantitative estimate of drug-likeness (QED) is 0.143. The molecule has 0 aliphatic rings. The largest absolute Gasteiger partial charge is 0.480 e. The van der Waals surface area contributed by atoms with Crippen LogP contribution in [0.4, 0.5) is 0 Å². The molecule has 0 aromatic carbocycles. The van der Waals surface area contributed by atoms with Crippen molar-refractivity contribution in [1.29, 1.82) is 0 Å². The van der Waals surface area contributed by atoms with Gasteiger partial charge in [-0.2, -0.15) is 12.6 Å². The molecule has 3 atom stereocenters. The summed E-state index contributed by atoms with van der Waals surface area (Å²) in [7, 11) is 0. The molecule has 106 valence electrons. The van der Waals surface area contributed by atoms with E-state index < -0.39 is 30.2 Å². The van der Waals surface area contributed by atoms with Gasteiger partial charge in [-0.05, 0) is 19.3 Å². The van der Waals surface area contributed by atoms with Gasteiger partial charge in [0.15, 0.2) is 0 Å². The van der Waals surface area contributed by atoms with Crippen molar-refractivity contribution in [2.75, 3.05) is 5.75 Å². The van der Waals surface area contributed by atoms with Crippen LogP contribution in [0.1, 0.15) is 19.3 Å². The lowest BCUT2D eigenvalue weighted by molar-refractivity contribution is -0.140. The minimum atomic E-state index is -1.05. The summed E-state index contributed by atoms with van der Waals surface area (Å²) in [6.45, 7) is 0. The third-order valence-electron chi connectivity index (χ3n) is 2.27. The molecular weight excluding hydrogens is 260 g/mol. The summed E-state index contributed by atoms with van der Waals surface area (Å²) in [5.41, 5.74) is 16.1. The number of hydrogen-bond donors (Lipinski definition) is 7. The predicted molar refractivity (Wildman–Crippen MR) is 69.0 cm³/mol. The van der Waals surface area contributed by atoms with Crippen molar-refractivity contribution in [3.63, 3.8) is 0 Å². The van der Waals surface area contributed by atoms with Crippen LogP contribution in [0.15, 0.2) is 0 Å². The summed E-state index contributed by atoms with van der Waals surface area (Å²) < 4.78 is 0. The topological polar surface area (TPSA) is 151 Å². The van der Waals surface area contributed by atoms with E-state index in [-0.39, 0.29) is 5.75 Å². The van der Waals surface area contributed by atoms with Crippen molar-refractivity contribution in [3.05, 3.63) is 0 Å². The second-order valence-electron chi connectivity index (χ2n) is 3.84. The lowest BCUT2D eigenvalue weighted by Gasteiger charge is -2.18. The normalized spacial score (nSPS) is 15.9. The van der Waals surface area contributed by atoms with Crippen LogP contribution in [0.3, 0.4) is 0 Å². The Morgan fingerprint density at radius 3 is 2.17 bits per heavy atom. The van der Waals surface area contributed by atoms with Gasteiger partial charge in [0, 0.05) is 5.75 Å². The van der Waals surface area contributed by atoms with Crippen LogP contribution in [-0.2, 0) is 9.59 Å². The lowest BCUT2D eigenvalue weighted by atomic mass is 10.1. The number of hydrazine groups is 1. The Morgan fingerprint density at radius 1 is 1.11 bits per heavy atom. The highest BCUT2D eigenvalue weighted by Crippen LogP contribution is 2.00. The maximum atomic E-state index is 10.6. The van der Waals surface area contributed by atoms with Gasteiger partial charge in [0.25, 0.3) is 0 Å². The molecule has 0 aromatic rings. The highest BCUT2D eigenvalue weighted by molar-refractivity contribution is 7.80. The average Bonchev–Trinajstić information content (AvgIpc) is 2.29. The van der Waals surface area contributed by atoms with E-state index in [0.717, 1.165) is 0 Å². The van der Waals surface area contributed by atoms with Crippen LogP contribution in [0.5, 0.6) is 0 Å². The fourth-order valence-corrected chi connectivity index (χ4v) is 1.39. The molecule has 18 heavy (non-hydrogen) atoms. The second kappa shape index (κ2) is 9.11. The molecule has 0 radical (unpaired) electrons. The molecule has 0 rings (SSSR count). The molecule has 1 unspecified atom stereocenters. The van der Waals surface area contributed by atoms with Crippen molar-refractivity contribution in [2.24, 2.45) is 11.5 Å². The van der Waals surface area contributed by atoms with E-state index >= 15 is 0 Å². The Balaban J connectivity index is 3.74. The van der Waals surface area contributed by atoms with Crippen molar-refractivity contribution < 1.29 is 19.8 Å². The average molecular weight is 280 g/mol. The van der Waals surface area contributed by atoms with Crippen molar-refractivity contribution in [2.45, 2.75) is 37.5 Å². The number of thiol groups is 1. The summed E-state index contributed by atoms with van der Waals surface area (Å²) in [5, 5.41) is 17.3. The van der Waals surface area contributed by atoms with Gasteiger partial charge < -0.3 is 21.7 Å². The molecule has 0 saturated heterocycles. The van der Waals surface area contributed by atoms with Gasteiger partial charge in [0.2, 0.25) is 0 Å². The lowest BCUT2D eigenvalue weighted by Crippen LogP contribution is -2.53. The summed E-state index contributed by atoms with van der Waals surface area (Å²) in [5.74, 6) is -1.95. The summed E-state index contributed by atoms with van der Waals surface area (Å²) in [4.78, 5) is 21.1. The monoisotopic (exact) mass is 280 g/mol. The van der Waals surface area contributed by atoms with Gasteiger partial charge in [-0.25, -0.2) is 10.9 Å². The van der Waals surface area contributed by atoms with Crippen LogP contribution < -0.4 is 22.3 Å². The number of nitrogens with two attached hydrogens (primary N) is 2. The first-order valence-electron chi connectivity index (χ1n) is 5.47. The van der Waals surface area contributed by atoms with Crippen LogP contribution in [0, 0.1) is 0 Å². The number of rotatable bonds is 10. The molecule has 0 aliphatic heterocycles. The van der Waals surface area contributed by atoms with Crippen LogP contribution in [0.2, 0.25) is 0 Å². The standard InChI is InChI=1S/C9H20N4O4S/c10-5(8(14)15)2-1-3-7(11)13-12-6(4-18)9(16)17/h5-7,12-13,18H,1-4,10-11H2,(H,14,15)(H,16,17)/t5-,6-,7?/m0/s1. The SMILES string of the molecule is NC(CCC[C@H](N)C(=O)O)NN[C@@H](CS)C(=O)O. The Hall–Kier alpha value is -0.870. The minimum Gasteiger partial charge on any atom is -0.480 e. The first-order chi connectivity index (χ1) is 8.38. The van der Waals surface area contributed by atoms with Crippen LogP contribution in [0.25, 0.3) is 0 Å². The van der Waals surface area contributed by atoms with E-state index in [1.165, 1.54) is 0 Å². The van der Waals surface area contributed by atoms with Crippen LogP contribution in [-0.4, -0.2) is 46.2 Å². The smallest absolute Gasteiger partial charge is 0.322 e. The highest BCUT2D eigenvalue weighted by Gasteiger charge is 2.16. The van der Waals surface area contributed by atoms with Crippen molar-refractivity contribution in [1.82, 2.24) is 10.9 Å². The summed E-state index contributed by atoms with van der Waals surface area (Å²) in [6.07, 6.45) is 0.849. The fourth-order valence-electron chi connectivity index (χ4n) is 1.15. The molecule has 0 saturated carbocycles. The van der Waals surface area contributed by atoms with Gasteiger partial charge in [-0.1, -0.05) is 0 Å². The third kappa shape index (κ3) is 7.45. The fraction of sp³-hybridized carbons (Fsp3) is 0.778. The molecule has 0 aliphatic carbocycles. The molecule has 0 fully saturated rings. The van der Waals surface area contributed by atoms with E-state index in [1.807, 2.05) is 0 Å². The number of hydrogen-bond acceptors (Lipinski definition) is 7. The third-order valence-corrected chi connectivity index (χ3v) is 2.64. The molecule has 0 amide bonds. The molecule has 9 heteroatoms. The Bertz CT molecular complexity index is 279.